The molecular weight excluding hydrogens is 284 g/mol. The van der Waals surface area contributed by atoms with E-state index in [1.165, 1.54) is 0 Å². The standard InChI is InChI=1S/C16H18N2O4/c19-14-6-1-2-7-18(14)11-5-3-4-10(8-11)17-15(20)12-9-13(12)16(21)22/h3-5,8,12-13H,1-2,6-7,9H2,(H,17,20)(H,21,22). The number of carboxylic acids is 1. The van der Waals surface area contributed by atoms with Gasteiger partial charge in [0, 0.05) is 24.3 Å². The Labute approximate surface area is 128 Å². The third kappa shape index (κ3) is 2.95. The van der Waals surface area contributed by atoms with Crippen LogP contribution in [0.3, 0.4) is 0 Å². The molecule has 2 N–H and O–H groups in total. The Morgan fingerprint density at radius 1 is 1.23 bits per heavy atom. The van der Waals surface area contributed by atoms with E-state index in [0.717, 1.165) is 18.5 Å². The maximum Gasteiger partial charge on any atom is 0.307 e. The smallest absolute Gasteiger partial charge is 0.307 e. The summed E-state index contributed by atoms with van der Waals surface area (Å²) in [7, 11) is 0. The molecule has 0 radical (unpaired) electrons. The van der Waals surface area contributed by atoms with Gasteiger partial charge in [-0.1, -0.05) is 6.07 Å². The van der Waals surface area contributed by atoms with Gasteiger partial charge in [-0.2, -0.15) is 0 Å². The van der Waals surface area contributed by atoms with E-state index in [9.17, 15) is 14.4 Å². The van der Waals surface area contributed by atoms with Crippen molar-refractivity contribution in [3.05, 3.63) is 24.3 Å². The summed E-state index contributed by atoms with van der Waals surface area (Å²) in [5, 5.41) is 11.6. The number of anilines is 2. The van der Waals surface area contributed by atoms with E-state index in [-0.39, 0.29) is 11.8 Å². The minimum Gasteiger partial charge on any atom is -0.481 e. The molecule has 3 rings (SSSR count). The molecule has 1 aromatic carbocycles. The number of carboxylic acid groups (broad SMARTS) is 1. The lowest BCUT2D eigenvalue weighted by Crippen LogP contribution is -2.35. The minimum absolute atomic E-state index is 0.0999. The number of nitrogens with one attached hydrogen (secondary N) is 1. The van der Waals surface area contributed by atoms with Crippen molar-refractivity contribution in [2.24, 2.45) is 11.8 Å². The van der Waals surface area contributed by atoms with Gasteiger partial charge in [0.05, 0.1) is 11.8 Å². The van der Waals surface area contributed by atoms with Crippen LogP contribution in [0.25, 0.3) is 0 Å². The predicted molar refractivity (Wildman–Crippen MR) is 80.5 cm³/mol. The Bertz CT molecular complexity index is 628. The molecule has 1 saturated carbocycles. The number of hydrogen-bond acceptors (Lipinski definition) is 3. The van der Waals surface area contributed by atoms with Gasteiger partial charge >= 0.3 is 5.97 Å². The number of hydrogen-bond donors (Lipinski definition) is 2. The zero-order valence-electron chi connectivity index (χ0n) is 12.1. The van der Waals surface area contributed by atoms with Crippen LogP contribution in [0.5, 0.6) is 0 Å². The first-order valence-corrected chi connectivity index (χ1v) is 7.50. The van der Waals surface area contributed by atoms with Gasteiger partial charge in [0.25, 0.3) is 0 Å². The van der Waals surface area contributed by atoms with Crippen LogP contribution < -0.4 is 10.2 Å². The molecule has 0 aromatic heterocycles. The molecule has 0 spiro atoms. The summed E-state index contributed by atoms with van der Waals surface area (Å²) in [5.41, 5.74) is 1.37. The van der Waals surface area contributed by atoms with E-state index >= 15 is 0 Å². The molecule has 2 unspecified atom stereocenters. The van der Waals surface area contributed by atoms with E-state index in [4.69, 9.17) is 5.11 Å². The lowest BCUT2D eigenvalue weighted by atomic mass is 10.1. The summed E-state index contributed by atoms with van der Waals surface area (Å²) in [6.45, 7) is 0.694. The van der Waals surface area contributed by atoms with Crippen molar-refractivity contribution in [3.8, 4) is 0 Å². The average Bonchev–Trinajstić information content (AvgIpc) is 3.29. The second kappa shape index (κ2) is 5.79. The van der Waals surface area contributed by atoms with Gasteiger partial charge in [-0.15, -0.1) is 0 Å². The molecule has 22 heavy (non-hydrogen) atoms. The Balaban J connectivity index is 1.68. The van der Waals surface area contributed by atoms with Crippen molar-refractivity contribution < 1.29 is 19.5 Å². The van der Waals surface area contributed by atoms with Crippen molar-refractivity contribution in [2.45, 2.75) is 25.7 Å². The van der Waals surface area contributed by atoms with Crippen molar-refractivity contribution in [2.75, 3.05) is 16.8 Å². The average molecular weight is 302 g/mol. The molecule has 6 heteroatoms. The number of benzene rings is 1. The molecule has 1 aliphatic carbocycles. The number of piperidine rings is 1. The van der Waals surface area contributed by atoms with Crippen molar-refractivity contribution in [3.63, 3.8) is 0 Å². The highest BCUT2D eigenvalue weighted by Gasteiger charge is 2.48. The summed E-state index contributed by atoms with van der Waals surface area (Å²) < 4.78 is 0. The molecule has 2 atom stereocenters. The highest BCUT2D eigenvalue weighted by Crippen LogP contribution is 2.39. The molecule has 2 amide bonds. The van der Waals surface area contributed by atoms with Crippen LogP contribution >= 0.6 is 0 Å². The molecule has 116 valence electrons. The number of nitrogens with zero attached hydrogens (tertiary/aromatic N) is 1. The SMILES string of the molecule is O=C(O)C1CC1C(=O)Nc1cccc(N2CCCCC2=O)c1. The Morgan fingerprint density at radius 3 is 2.73 bits per heavy atom. The van der Waals surface area contributed by atoms with Crippen LogP contribution in [0.15, 0.2) is 24.3 Å². The van der Waals surface area contributed by atoms with Crippen molar-refractivity contribution in [1.82, 2.24) is 0 Å². The molecule has 2 fully saturated rings. The first-order valence-electron chi connectivity index (χ1n) is 7.50. The largest absolute Gasteiger partial charge is 0.481 e. The van der Waals surface area contributed by atoms with Gasteiger partial charge in [-0.05, 0) is 37.5 Å². The fourth-order valence-corrected chi connectivity index (χ4v) is 2.82. The lowest BCUT2D eigenvalue weighted by molar-refractivity contribution is -0.139. The first kappa shape index (κ1) is 14.6. The van der Waals surface area contributed by atoms with E-state index in [1.807, 2.05) is 6.07 Å². The maximum atomic E-state index is 12.0. The zero-order chi connectivity index (χ0) is 15.7. The summed E-state index contributed by atoms with van der Waals surface area (Å²) >= 11 is 0. The van der Waals surface area contributed by atoms with Crippen LogP contribution in [-0.2, 0) is 14.4 Å². The van der Waals surface area contributed by atoms with E-state index < -0.39 is 17.8 Å². The Hall–Kier alpha value is -2.37. The van der Waals surface area contributed by atoms with Crippen LogP contribution in [-0.4, -0.2) is 29.4 Å². The van der Waals surface area contributed by atoms with Crippen molar-refractivity contribution >= 4 is 29.2 Å². The van der Waals surface area contributed by atoms with Gasteiger partial charge < -0.3 is 15.3 Å². The molecule has 1 aliphatic heterocycles. The second-order valence-electron chi connectivity index (χ2n) is 5.83. The highest BCUT2D eigenvalue weighted by molar-refractivity contribution is 5.99. The van der Waals surface area contributed by atoms with Crippen LogP contribution in [0.1, 0.15) is 25.7 Å². The number of aliphatic carboxylic acids is 1. The third-order valence-electron chi connectivity index (χ3n) is 4.19. The lowest BCUT2D eigenvalue weighted by Gasteiger charge is -2.27. The highest BCUT2D eigenvalue weighted by atomic mass is 16.4. The molecule has 1 aromatic rings. The second-order valence-corrected chi connectivity index (χ2v) is 5.83. The minimum atomic E-state index is -0.923. The van der Waals surface area contributed by atoms with Gasteiger partial charge in [0.15, 0.2) is 0 Å². The fourth-order valence-electron chi connectivity index (χ4n) is 2.82. The van der Waals surface area contributed by atoms with Crippen LogP contribution in [0, 0.1) is 11.8 Å². The Morgan fingerprint density at radius 2 is 2.05 bits per heavy atom. The summed E-state index contributed by atoms with van der Waals surface area (Å²) in [5.74, 6) is -2.10. The molecule has 6 nitrogen and oxygen atoms in total. The van der Waals surface area contributed by atoms with E-state index in [1.54, 1.807) is 23.1 Å². The van der Waals surface area contributed by atoms with E-state index in [0.29, 0.717) is 25.1 Å². The predicted octanol–water partition coefficient (Wildman–Crippen LogP) is 1.86. The van der Waals surface area contributed by atoms with Gasteiger partial charge in [-0.3, -0.25) is 14.4 Å². The summed E-state index contributed by atoms with van der Waals surface area (Å²) in [6.07, 6.45) is 2.85. The zero-order valence-corrected chi connectivity index (χ0v) is 12.1. The molecule has 2 aliphatic rings. The molecule has 0 bridgehead atoms. The van der Waals surface area contributed by atoms with Gasteiger partial charge in [-0.25, -0.2) is 0 Å². The van der Waals surface area contributed by atoms with Gasteiger partial charge in [0.2, 0.25) is 11.8 Å². The number of carbonyl (C=O) groups is 3. The molecular formula is C16H18N2O4. The van der Waals surface area contributed by atoms with Gasteiger partial charge in [0.1, 0.15) is 0 Å². The van der Waals surface area contributed by atoms with Crippen LogP contribution in [0.4, 0.5) is 11.4 Å². The number of amides is 2. The molecule has 1 heterocycles. The topological polar surface area (TPSA) is 86.7 Å². The normalized spacial score (nSPS) is 24.0. The monoisotopic (exact) mass is 302 g/mol. The quantitative estimate of drug-likeness (QED) is 0.889. The maximum absolute atomic E-state index is 12.0. The summed E-state index contributed by atoms with van der Waals surface area (Å²) in [6, 6.07) is 7.14. The molecule has 1 saturated heterocycles. The number of carbonyl (C=O) groups excluding carboxylic acids is 2. The van der Waals surface area contributed by atoms with E-state index in [2.05, 4.69) is 5.32 Å². The van der Waals surface area contributed by atoms with Crippen LogP contribution in [0.2, 0.25) is 0 Å². The first-order chi connectivity index (χ1) is 10.6. The van der Waals surface area contributed by atoms with Crippen molar-refractivity contribution in [1.29, 1.82) is 0 Å². The third-order valence-corrected chi connectivity index (χ3v) is 4.19. The Kier molecular flexibility index (Phi) is 3.83. The number of rotatable bonds is 4. The fraction of sp³-hybridized carbons (Fsp3) is 0.438. The summed E-state index contributed by atoms with van der Waals surface area (Å²) in [4.78, 5) is 36.5.